The van der Waals surface area contributed by atoms with Crippen LogP contribution >= 0.6 is 0 Å². The van der Waals surface area contributed by atoms with Crippen LogP contribution in [0.1, 0.15) is 18.0 Å². The number of nitrogens with zero attached hydrogens (tertiary/aromatic N) is 2. The van der Waals surface area contributed by atoms with E-state index in [2.05, 4.69) is 9.80 Å². The Balaban J connectivity index is 1.52. The van der Waals surface area contributed by atoms with Gasteiger partial charge in [0.05, 0.1) is 13.2 Å². The molecule has 2 atom stereocenters. The molecule has 0 aromatic heterocycles. The molecule has 2 aliphatic rings. The van der Waals surface area contributed by atoms with Crippen molar-refractivity contribution in [3.8, 4) is 0 Å². The Morgan fingerprint density at radius 2 is 2.10 bits per heavy atom. The van der Waals surface area contributed by atoms with E-state index < -0.39 is 0 Å². The fourth-order valence-electron chi connectivity index (χ4n) is 3.34. The molecular formula is C16H24FN3O. The summed E-state index contributed by atoms with van der Waals surface area (Å²) in [5.41, 5.74) is 7.11. The molecule has 0 aliphatic carbocycles. The van der Waals surface area contributed by atoms with Crippen LogP contribution in [0.3, 0.4) is 0 Å². The Labute approximate surface area is 125 Å². The Bertz CT molecular complexity index is 465. The van der Waals surface area contributed by atoms with Crippen molar-refractivity contribution in [3.63, 3.8) is 0 Å². The average Bonchev–Trinajstić information content (AvgIpc) is 2.97. The van der Waals surface area contributed by atoms with Crippen LogP contribution in [0.4, 0.5) is 4.39 Å². The number of hydrogen-bond acceptors (Lipinski definition) is 4. The molecule has 4 nitrogen and oxygen atoms in total. The van der Waals surface area contributed by atoms with E-state index >= 15 is 0 Å². The minimum absolute atomic E-state index is 0.121. The Kier molecular flexibility index (Phi) is 4.85. The van der Waals surface area contributed by atoms with E-state index in [4.69, 9.17) is 10.5 Å². The van der Waals surface area contributed by atoms with Gasteiger partial charge in [0.1, 0.15) is 5.82 Å². The van der Waals surface area contributed by atoms with Crippen molar-refractivity contribution in [2.45, 2.75) is 18.5 Å². The van der Waals surface area contributed by atoms with Crippen molar-refractivity contribution >= 4 is 0 Å². The largest absolute Gasteiger partial charge is 0.379 e. The summed E-state index contributed by atoms with van der Waals surface area (Å²) in [6.07, 6.45) is 1.19. The van der Waals surface area contributed by atoms with Gasteiger partial charge in [-0.1, -0.05) is 12.1 Å². The highest BCUT2D eigenvalue weighted by molar-refractivity contribution is 5.20. The third kappa shape index (κ3) is 3.80. The average molecular weight is 293 g/mol. The van der Waals surface area contributed by atoms with Gasteiger partial charge in [-0.15, -0.1) is 0 Å². The number of benzene rings is 1. The number of rotatable bonds is 4. The van der Waals surface area contributed by atoms with Crippen LogP contribution < -0.4 is 5.73 Å². The van der Waals surface area contributed by atoms with Crippen LogP contribution in [0.25, 0.3) is 0 Å². The first-order valence-electron chi connectivity index (χ1n) is 7.77. The minimum atomic E-state index is -0.212. The van der Waals surface area contributed by atoms with Gasteiger partial charge in [0, 0.05) is 38.3 Å². The molecule has 2 aliphatic heterocycles. The van der Waals surface area contributed by atoms with Gasteiger partial charge < -0.3 is 10.5 Å². The number of ether oxygens (including phenoxy) is 1. The molecule has 3 rings (SSSR count). The lowest BCUT2D eigenvalue weighted by Crippen LogP contribution is -2.45. The maximum Gasteiger partial charge on any atom is 0.123 e. The lowest BCUT2D eigenvalue weighted by Gasteiger charge is -2.32. The predicted octanol–water partition coefficient (Wildman–Crippen LogP) is 1.23. The molecule has 2 saturated heterocycles. The molecule has 116 valence electrons. The summed E-state index contributed by atoms with van der Waals surface area (Å²) in [6.45, 7) is 6.69. The van der Waals surface area contributed by atoms with Crippen molar-refractivity contribution in [1.29, 1.82) is 0 Å². The smallest absolute Gasteiger partial charge is 0.123 e. The van der Waals surface area contributed by atoms with E-state index in [-0.39, 0.29) is 11.9 Å². The van der Waals surface area contributed by atoms with Crippen LogP contribution in [0.2, 0.25) is 0 Å². The highest BCUT2D eigenvalue weighted by Gasteiger charge is 2.29. The molecule has 21 heavy (non-hydrogen) atoms. The van der Waals surface area contributed by atoms with Crippen molar-refractivity contribution < 1.29 is 9.13 Å². The molecule has 2 fully saturated rings. The lowest BCUT2D eigenvalue weighted by molar-refractivity contribution is 0.0184. The maximum atomic E-state index is 13.3. The molecule has 0 saturated carbocycles. The summed E-state index contributed by atoms with van der Waals surface area (Å²) in [5.74, 6) is -0.212. The lowest BCUT2D eigenvalue weighted by atomic mass is 10.1. The van der Waals surface area contributed by atoms with Crippen LogP contribution in [0.15, 0.2) is 24.3 Å². The fourth-order valence-corrected chi connectivity index (χ4v) is 3.34. The van der Waals surface area contributed by atoms with Gasteiger partial charge in [-0.2, -0.15) is 0 Å². The van der Waals surface area contributed by atoms with Gasteiger partial charge in [-0.3, -0.25) is 9.80 Å². The highest BCUT2D eigenvalue weighted by atomic mass is 19.1. The molecule has 0 amide bonds. The third-order valence-corrected chi connectivity index (χ3v) is 4.54. The number of nitrogens with two attached hydrogens (primary N) is 1. The summed E-state index contributed by atoms with van der Waals surface area (Å²) in [6, 6.07) is 7.13. The van der Waals surface area contributed by atoms with Crippen molar-refractivity contribution in [2.75, 3.05) is 45.9 Å². The highest BCUT2D eigenvalue weighted by Crippen LogP contribution is 2.20. The summed E-state index contributed by atoms with van der Waals surface area (Å²) in [5, 5.41) is 0. The number of hydrogen-bond donors (Lipinski definition) is 1. The zero-order chi connectivity index (χ0) is 14.7. The first-order valence-corrected chi connectivity index (χ1v) is 7.77. The van der Waals surface area contributed by atoms with Crippen molar-refractivity contribution in [1.82, 2.24) is 9.80 Å². The molecule has 0 spiro atoms. The SMILES string of the molecule is NC(CN1CCC(N2CCOCC2)C1)c1cccc(F)c1. The van der Waals surface area contributed by atoms with E-state index in [0.29, 0.717) is 6.04 Å². The molecule has 2 N–H and O–H groups in total. The van der Waals surface area contributed by atoms with Gasteiger partial charge in [0.2, 0.25) is 0 Å². The Hall–Kier alpha value is -1.01. The van der Waals surface area contributed by atoms with Crippen molar-refractivity contribution in [3.05, 3.63) is 35.6 Å². The minimum Gasteiger partial charge on any atom is -0.379 e. The second-order valence-corrected chi connectivity index (χ2v) is 6.01. The molecule has 0 radical (unpaired) electrons. The Morgan fingerprint density at radius 1 is 1.29 bits per heavy atom. The van der Waals surface area contributed by atoms with E-state index in [1.165, 1.54) is 12.5 Å². The fraction of sp³-hybridized carbons (Fsp3) is 0.625. The van der Waals surface area contributed by atoms with Crippen LogP contribution in [-0.4, -0.2) is 61.8 Å². The maximum absolute atomic E-state index is 13.3. The molecule has 0 bridgehead atoms. The molecule has 1 aromatic carbocycles. The second-order valence-electron chi connectivity index (χ2n) is 6.01. The van der Waals surface area contributed by atoms with Crippen LogP contribution in [-0.2, 0) is 4.74 Å². The monoisotopic (exact) mass is 293 g/mol. The molecular weight excluding hydrogens is 269 g/mol. The Morgan fingerprint density at radius 3 is 2.86 bits per heavy atom. The summed E-state index contributed by atoms with van der Waals surface area (Å²) >= 11 is 0. The van der Waals surface area contributed by atoms with E-state index in [0.717, 1.165) is 51.5 Å². The predicted molar refractivity (Wildman–Crippen MR) is 80.6 cm³/mol. The van der Waals surface area contributed by atoms with E-state index in [1.807, 2.05) is 6.07 Å². The van der Waals surface area contributed by atoms with Gasteiger partial charge in [-0.25, -0.2) is 4.39 Å². The van der Waals surface area contributed by atoms with Crippen LogP contribution in [0.5, 0.6) is 0 Å². The second kappa shape index (κ2) is 6.83. The third-order valence-electron chi connectivity index (χ3n) is 4.54. The summed E-state index contributed by atoms with van der Waals surface area (Å²) in [4.78, 5) is 4.92. The van der Waals surface area contributed by atoms with Crippen molar-refractivity contribution in [2.24, 2.45) is 5.73 Å². The first kappa shape index (κ1) is 14.9. The molecule has 1 aromatic rings. The van der Waals surface area contributed by atoms with E-state index in [9.17, 15) is 4.39 Å². The number of morpholine rings is 1. The number of halogens is 1. The topological polar surface area (TPSA) is 41.7 Å². The molecule has 2 heterocycles. The zero-order valence-electron chi connectivity index (χ0n) is 12.4. The van der Waals surface area contributed by atoms with Gasteiger partial charge in [-0.05, 0) is 30.7 Å². The number of likely N-dealkylation sites (tertiary alicyclic amines) is 1. The quantitative estimate of drug-likeness (QED) is 0.907. The van der Waals surface area contributed by atoms with Crippen LogP contribution in [0, 0.1) is 5.82 Å². The summed E-state index contributed by atoms with van der Waals surface area (Å²) in [7, 11) is 0. The summed E-state index contributed by atoms with van der Waals surface area (Å²) < 4.78 is 18.7. The zero-order valence-corrected chi connectivity index (χ0v) is 12.4. The first-order chi connectivity index (χ1) is 10.2. The van der Waals surface area contributed by atoms with Gasteiger partial charge in [0.15, 0.2) is 0 Å². The van der Waals surface area contributed by atoms with Gasteiger partial charge in [0.25, 0.3) is 0 Å². The normalized spacial score (nSPS) is 26.1. The standard InChI is InChI=1S/C16H24FN3O/c17-14-3-1-2-13(10-14)16(18)12-19-5-4-15(11-19)20-6-8-21-9-7-20/h1-3,10,15-16H,4-9,11-12,18H2. The molecule has 2 unspecified atom stereocenters. The van der Waals surface area contributed by atoms with Gasteiger partial charge >= 0.3 is 0 Å². The molecule has 5 heteroatoms. The van der Waals surface area contributed by atoms with E-state index in [1.54, 1.807) is 12.1 Å².